The van der Waals surface area contributed by atoms with E-state index < -0.39 is 0 Å². The summed E-state index contributed by atoms with van der Waals surface area (Å²) in [7, 11) is 0. The van der Waals surface area contributed by atoms with E-state index in [9.17, 15) is 9.90 Å². The molecule has 0 aliphatic carbocycles. The van der Waals surface area contributed by atoms with Crippen LogP contribution in [-0.2, 0) is 26.5 Å². The monoisotopic (exact) mass is 588 g/mol. The Bertz CT molecular complexity index is 1110. The van der Waals surface area contributed by atoms with Crippen LogP contribution in [0.25, 0.3) is 0 Å². The van der Waals surface area contributed by atoms with Gasteiger partial charge in [0.15, 0.2) is 0 Å². The summed E-state index contributed by atoms with van der Waals surface area (Å²) in [6, 6.07) is 8.70. The van der Waals surface area contributed by atoms with Crippen LogP contribution in [-0.4, -0.2) is 15.2 Å². The summed E-state index contributed by atoms with van der Waals surface area (Å²) in [6.45, 7) is 35.8. The van der Waals surface area contributed by atoms with Gasteiger partial charge in [0.2, 0.25) is 0 Å². The fourth-order valence-corrected chi connectivity index (χ4v) is 7.01. The topological polar surface area (TPSA) is 46.5 Å². The second-order valence-electron chi connectivity index (χ2n) is 14.9. The van der Waals surface area contributed by atoms with Crippen LogP contribution >= 0.6 is 23.5 Å². The Morgan fingerprint density at radius 3 is 1.12 bits per heavy atom. The van der Waals surface area contributed by atoms with Crippen molar-refractivity contribution in [1.82, 2.24) is 0 Å². The lowest BCUT2D eigenvalue weighted by Crippen LogP contribution is -2.21. The lowest BCUT2D eigenvalue weighted by atomic mass is 9.79. The van der Waals surface area contributed by atoms with Crippen molar-refractivity contribution < 1.29 is 14.6 Å². The van der Waals surface area contributed by atoms with Crippen LogP contribution in [0, 0.1) is 0 Å². The predicted octanol–water partition coefficient (Wildman–Crippen LogP) is 11.2. The molecule has 0 spiro atoms. The van der Waals surface area contributed by atoms with E-state index in [-0.39, 0.29) is 31.7 Å². The molecule has 0 aromatic heterocycles. The van der Waals surface area contributed by atoms with Crippen molar-refractivity contribution in [3.8, 4) is 11.5 Å². The van der Waals surface area contributed by atoms with Gasteiger partial charge in [-0.2, -0.15) is 0 Å². The fraction of sp³-hybridized carbons (Fsp3) is 0.629. The first-order valence-electron chi connectivity index (χ1n) is 14.5. The third-order valence-electron chi connectivity index (χ3n) is 6.35. The number of phenols is 1. The number of carbonyl (C=O) groups is 1. The van der Waals surface area contributed by atoms with Crippen LogP contribution in [0.5, 0.6) is 11.5 Å². The third kappa shape index (κ3) is 9.76. The molecule has 0 unspecified atom stereocenters. The first-order chi connectivity index (χ1) is 17.8. The van der Waals surface area contributed by atoms with Crippen molar-refractivity contribution in [2.75, 3.05) is 0 Å². The van der Waals surface area contributed by atoms with Crippen LogP contribution in [0.4, 0.5) is 0 Å². The summed E-state index contributed by atoms with van der Waals surface area (Å²) >= 11 is 3.64. The summed E-state index contributed by atoms with van der Waals surface area (Å²) in [5.41, 5.74) is 3.29. The third-order valence-corrected chi connectivity index (χ3v) is 8.78. The summed E-state index contributed by atoms with van der Waals surface area (Å²) in [4.78, 5) is 14.4. The molecule has 0 fully saturated rings. The normalized spacial score (nSPS) is 13.0. The van der Waals surface area contributed by atoms with Gasteiger partial charge in [0.05, 0.1) is 4.08 Å². The van der Waals surface area contributed by atoms with E-state index >= 15 is 0 Å². The molecular weight excluding hydrogens is 533 g/mol. The highest BCUT2D eigenvalue weighted by atomic mass is 32.2. The molecule has 3 nitrogen and oxygen atoms in total. The average molecular weight is 589 g/mol. The van der Waals surface area contributed by atoms with Gasteiger partial charge in [-0.3, -0.25) is 4.79 Å². The van der Waals surface area contributed by atoms with E-state index in [1.54, 1.807) is 0 Å². The molecular formula is C35H56O3S2. The number of rotatable bonds is 5. The number of hydrogen-bond donors (Lipinski definition) is 1. The molecule has 0 aliphatic rings. The van der Waals surface area contributed by atoms with Crippen LogP contribution in [0.15, 0.2) is 34.1 Å². The van der Waals surface area contributed by atoms with Crippen molar-refractivity contribution >= 4 is 29.5 Å². The smallest absolute Gasteiger partial charge is 0.308 e. The highest BCUT2D eigenvalue weighted by Gasteiger charge is 2.32. The summed E-state index contributed by atoms with van der Waals surface area (Å²) in [5, 5.41) is 11.2. The van der Waals surface area contributed by atoms with Gasteiger partial charge in [-0.1, -0.05) is 96.9 Å². The Morgan fingerprint density at radius 2 is 0.875 bits per heavy atom. The van der Waals surface area contributed by atoms with Crippen molar-refractivity contribution in [3.63, 3.8) is 0 Å². The molecule has 2 rings (SSSR count). The van der Waals surface area contributed by atoms with Crippen LogP contribution in [0.1, 0.15) is 140 Å². The minimum absolute atomic E-state index is 0.173. The first kappa shape index (κ1) is 36.4. The van der Waals surface area contributed by atoms with E-state index in [0.717, 1.165) is 32.0 Å². The maximum absolute atomic E-state index is 12.1. The number of ether oxygens (including phenoxy) is 1. The van der Waals surface area contributed by atoms with Gasteiger partial charge in [0, 0.05) is 39.0 Å². The zero-order chi connectivity index (χ0) is 31.6. The van der Waals surface area contributed by atoms with E-state index in [1.807, 2.05) is 37.4 Å². The highest BCUT2D eigenvalue weighted by Crippen LogP contribution is 2.51. The molecule has 226 valence electrons. The standard InChI is InChI=1S/C33H50O3S2.C2H6/c1-20(34)36-28-25(31(8,9)10)18-22(19-26(28)32(11,12)13)38-33(14,15)37-21-16-23(29(2,3)4)27(35)24(17-21)30(5,6)7;1-2/h16-19,35H,1-15H3;1-2H3. The number of aromatic hydroxyl groups is 1. The lowest BCUT2D eigenvalue weighted by molar-refractivity contribution is -0.132. The molecule has 0 bridgehead atoms. The molecule has 0 aliphatic heterocycles. The second-order valence-corrected chi connectivity index (χ2v) is 18.6. The molecule has 40 heavy (non-hydrogen) atoms. The van der Waals surface area contributed by atoms with Crippen LogP contribution in [0.2, 0.25) is 0 Å². The van der Waals surface area contributed by atoms with Crippen molar-refractivity contribution in [3.05, 3.63) is 46.5 Å². The average Bonchev–Trinajstić information content (AvgIpc) is 2.73. The van der Waals surface area contributed by atoms with Gasteiger partial charge in [0.1, 0.15) is 11.5 Å². The van der Waals surface area contributed by atoms with Crippen LogP contribution in [0.3, 0.4) is 0 Å². The molecule has 5 heteroatoms. The second kappa shape index (κ2) is 12.7. The minimum atomic E-state index is -0.297. The molecule has 0 amide bonds. The van der Waals surface area contributed by atoms with Crippen LogP contribution < -0.4 is 4.74 Å². The predicted molar refractivity (Wildman–Crippen MR) is 178 cm³/mol. The van der Waals surface area contributed by atoms with E-state index in [1.165, 1.54) is 6.92 Å². The Hall–Kier alpha value is -1.59. The molecule has 0 saturated carbocycles. The first-order valence-corrected chi connectivity index (χ1v) is 16.1. The Morgan fingerprint density at radius 1 is 0.600 bits per heavy atom. The summed E-state index contributed by atoms with van der Waals surface area (Å²) < 4.78 is 5.63. The zero-order valence-electron chi connectivity index (χ0n) is 28.4. The number of phenolic OH excluding ortho intramolecular Hbond substituents is 1. The van der Waals surface area contributed by atoms with E-state index in [2.05, 4.69) is 121 Å². The Balaban J connectivity index is 0.00000391. The number of thioether (sulfide) groups is 2. The van der Waals surface area contributed by atoms with Gasteiger partial charge < -0.3 is 9.84 Å². The summed E-state index contributed by atoms with van der Waals surface area (Å²) in [6.07, 6.45) is 0. The highest BCUT2D eigenvalue weighted by molar-refractivity contribution is 8.18. The van der Waals surface area contributed by atoms with Gasteiger partial charge in [-0.25, -0.2) is 0 Å². The summed E-state index contributed by atoms with van der Waals surface area (Å²) in [5.74, 6) is 0.801. The fourth-order valence-electron chi connectivity index (χ4n) is 4.43. The lowest BCUT2D eigenvalue weighted by Gasteiger charge is -2.32. The minimum Gasteiger partial charge on any atom is -0.507 e. The molecule has 2 aromatic rings. The van der Waals surface area contributed by atoms with Crippen molar-refractivity contribution in [2.45, 2.75) is 153 Å². The molecule has 1 N–H and O–H groups in total. The van der Waals surface area contributed by atoms with Gasteiger partial charge in [-0.05, 0) is 59.8 Å². The zero-order valence-corrected chi connectivity index (χ0v) is 30.0. The maximum Gasteiger partial charge on any atom is 0.308 e. The van der Waals surface area contributed by atoms with Gasteiger partial charge >= 0.3 is 5.97 Å². The molecule has 0 heterocycles. The SMILES string of the molecule is CC.CC(=O)Oc1c(C(C)(C)C)cc(SC(C)(C)Sc2cc(C(C)(C)C)c(O)c(C(C)(C)C)c2)cc1C(C)(C)C. The Kier molecular flexibility index (Phi) is 11.6. The number of esters is 1. The number of benzene rings is 2. The molecule has 2 aromatic carbocycles. The molecule has 0 atom stereocenters. The number of hydrogen-bond acceptors (Lipinski definition) is 5. The van der Waals surface area contributed by atoms with Crippen molar-refractivity contribution in [2.24, 2.45) is 0 Å². The molecule has 0 saturated heterocycles. The van der Waals surface area contributed by atoms with E-state index in [4.69, 9.17) is 4.74 Å². The Labute approximate surface area is 254 Å². The largest absolute Gasteiger partial charge is 0.507 e. The molecule has 0 radical (unpaired) electrons. The van der Waals surface area contributed by atoms with E-state index in [0.29, 0.717) is 11.5 Å². The van der Waals surface area contributed by atoms with Gasteiger partial charge in [0.25, 0.3) is 0 Å². The number of carbonyl (C=O) groups excluding carboxylic acids is 1. The van der Waals surface area contributed by atoms with Crippen molar-refractivity contribution in [1.29, 1.82) is 0 Å². The maximum atomic E-state index is 12.1. The van der Waals surface area contributed by atoms with Gasteiger partial charge in [-0.15, -0.1) is 23.5 Å². The quantitative estimate of drug-likeness (QED) is 0.163.